The molecule has 2 aromatic carbocycles. The minimum Gasteiger partial charge on any atom is -0.337 e. The van der Waals surface area contributed by atoms with Gasteiger partial charge in [0.25, 0.3) is 0 Å². The lowest BCUT2D eigenvalue weighted by atomic mass is 9.89. The van der Waals surface area contributed by atoms with E-state index in [9.17, 15) is 9.18 Å². The van der Waals surface area contributed by atoms with Crippen LogP contribution in [0.4, 0.5) is 9.18 Å². The summed E-state index contributed by atoms with van der Waals surface area (Å²) in [5, 5.41) is 4.91. The zero-order valence-electron chi connectivity index (χ0n) is 19.4. The van der Waals surface area contributed by atoms with E-state index in [4.69, 9.17) is 11.6 Å². The summed E-state index contributed by atoms with van der Waals surface area (Å²) in [4.78, 5) is 16.2. The molecule has 1 saturated heterocycles. The van der Waals surface area contributed by atoms with Gasteiger partial charge in [0, 0.05) is 49.0 Å². The van der Waals surface area contributed by atoms with Crippen LogP contribution >= 0.6 is 11.6 Å². The molecule has 1 fully saturated rings. The molecule has 2 heterocycles. The van der Waals surface area contributed by atoms with Crippen molar-refractivity contribution in [3.8, 4) is 5.69 Å². The number of nitrogens with zero attached hydrogens (tertiary/aromatic N) is 3. The smallest absolute Gasteiger partial charge is 0.317 e. The second kappa shape index (κ2) is 10.6. The highest BCUT2D eigenvalue weighted by atomic mass is 35.5. The average Bonchev–Trinajstić information content (AvgIpc) is 3.18. The predicted molar refractivity (Wildman–Crippen MR) is 133 cm³/mol. The number of benzene rings is 2. The molecule has 0 bridgehead atoms. The summed E-state index contributed by atoms with van der Waals surface area (Å²) in [6.45, 7) is 6.38. The molecule has 0 unspecified atom stereocenters. The molecular formula is C26H32ClFN4O. The Morgan fingerprint density at radius 2 is 1.91 bits per heavy atom. The summed E-state index contributed by atoms with van der Waals surface area (Å²) in [5.74, 6) is 0.214. The van der Waals surface area contributed by atoms with E-state index < -0.39 is 0 Å². The SMILES string of the molecule is CCCN(C)C(=O)NCCN1CCC(c2cn(-c3ccc(F)cc3)c3cc(Cl)ccc23)CC1. The molecule has 7 heteroatoms. The zero-order chi connectivity index (χ0) is 23.4. The maximum Gasteiger partial charge on any atom is 0.317 e. The van der Waals surface area contributed by atoms with Gasteiger partial charge in [0.2, 0.25) is 0 Å². The monoisotopic (exact) mass is 470 g/mol. The standard InChI is InChI=1S/C26H32ClFN4O/c1-3-13-30(2)26(33)29-12-16-31-14-10-19(11-15-31)24-18-32(22-7-5-21(28)6-8-22)25-17-20(27)4-9-23(24)25/h4-9,17-19H,3,10-16H2,1-2H3,(H,29,33). The van der Waals surface area contributed by atoms with Crippen LogP contribution in [0.2, 0.25) is 5.02 Å². The molecule has 0 atom stereocenters. The lowest BCUT2D eigenvalue weighted by Gasteiger charge is -2.32. The number of carbonyl (C=O) groups excluding carboxylic acids is 1. The Labute approximate surface area is 200 Å². The molecule has 176 valence electrons. The van der Waals surface area contributed by atoms with E-state index in [1.165, 1.54) is 23.1 Å². The molecule has 0 radical (unpaired) electrons. The second-order valence-electron chi connectivity index (χ2n) is 8.86. The number of aromatic nitrogens is 1. The number of likely N-dealkylation sites (tertiary alicyclic amines) is 1. The van der Waals surface area contributed by atoms with Crippen molar-refractivity contribution in [1.29, 1.82) is 0 Å². The van der Waals surface area contributed by atoms with E-state index in [2.05, 4.69) is 34.0 Å². The normalized spacial score (nSPS) is 15.2. The van der Waals surface area contributed by atoms with Gasteiger partial charge in [-0.2, -0.15) is 0 Å². The summed E-state index contributed by atoms with van der Waals surface area (Å²) < 4.78 is 15.6. The van der Waals surface area contributed by atoms with Crippen molar-refractivity contribution in [3.05, 3.63) is 65.1 Å². The Bertz CT molecular complexity index is 1090. The predicted octanol–water partition coefficient (Wildman–Crippen LogP) is 5.65. The third kappa shape index (κ3) is 5.50. The van der Waals surface area contributed by atoms with Crippen molar-refractivity contribution in [2.45, 2.75) is 32.1 Å². The molecule has 0 saturated carbocycles. The van der Waals surface area contributed by atoms with E-state index in [1.807, 2.05) is 19.2 Å². The summed E-state index contributed by atoms with van der Waals surface area (Å²) in [6.07, 6.45) is 5.28. The van der Waals surface area contributed by atoms with E-state index in [0.717, 1.165) is 56.6 Å². The highest BCUT2D eigenvalue weighted by Crippen LogP contribution is 2.36. The van der Waals surface area contributed by atoms with E-state index in [-0.39, 0.29) is 11.8 Å². The molecule has 5 nitrogen and oxygen atoms in total. The molecule has 0 spiro atoms. The summed E-state index contributed by atoms with van der Waals surface area (Å²) >= 11 is 6.31. The van der Waals surface area contributed by atoms with Crippen molar-refractivity contribution in [2.24, 2.45) is 0 Å². The molecule has 1 aliphatic heterocycles. The third-order valence-electron chi connectivity index (χ3n) is 6.54. The van der Waals surface area contributed by atoms with Crippen molar-refractivity contribution in [2.75, 3.05) is 39.8 Å². The van der Waals surface area contributed by atoms with Crippen LogP contribution in [-0.2, 0) is 0 Å². The zero-order valence-corrected chi connectivity index (χ0v) is 20.1. The highest BCUT2D eigenvalue weighted by molar-refractivity contribution is 6.31. The number of rotatable bonds is 7. The fraction of sp³-hybridized carbons (Fsp3) is 0.423. The van der Waals surface area contributed by atoms with Gasteiger partial charge in [0.05, 0.1) is 5.52 Å². The van der Waals surface area contributed by atoms with Gasteiger partial charge in [-0.05, 0) is 80.2 Å². The first-order chi connectivity index (χ1) is 16.0. The number of nitrogens with one attached hydrogen (secondary N) is 1. The van der Waals surface area contributed by atoms with Gasteiger partial charge >= 0.3 is 6.03 Å². The largest absolute Gasteiger partial charge is 0.337 e. The second-order valence-corrected chi connectivity index (χ2v) is 9.30. The molecule has 3 aromatic rings. The van der Waals surface area contributed by atoms with E-state index in [1.54, 1.807) is 17.0 Å². The number of hydrogen-bond acceptors (Lipinski definition) is 2. The molecule has 1 aromatic heterocycles. The van der Waals surface area contributed by atoms with Gasteiger partial charge in [-0.15, -0.1) is 0 Å². The first kappa shape index (κ1) is 23.6. The maximum atomic E-state index is 13.5. The third-order valence-corrected chi connectivity index (χ3v) is 6.78. The van der Waals surface area contributed by atoms with Crippen LogP contribution in [0.3, 0.4) is 0 Å². The van der Waals surface area contributed by atoms with Gasteiger partial charge in [-0.3, -0.25) is 0 Å². The van der Waals surface area contributed by atoms with Crippen molar-refractivity contribution in [3.63, 3.8) is 0 Å². The molecule has 2 amide bonds. The fourth-order valence-electron chi connectivity index (χ4n) is 4.73. The minimum absolute atomic E-state index is 0.000926. The Balaban J connectivity index is 1.42. The van der Waals surface area contributed by atoms with Crippen LogP contribution in [0.25, 0.3) is 16.6 Å². The van der Waals surface area contributed by atoms with Gasteiger partial charge in [0.1, 0.15) is 5.82 Å². The first-order valence-electron chi connectivity index (χ1n) is 11.7. The Morgan fingerprint density at radius 1 is 1.18 bits per heavy atom. The van der Waals surface area contributed by atoms with Gasteiger partial charge in [0.15, 0.2) is 0 Å². The van der Waals surface area contributed by atoms with Crippen molar-refractivity contribution >= 4 is 28.5 Å². The summed E-state index contributed by atoms with van der Waals surface area (Å²) in [6, 6.07) is 12.6. The first-order valence-corrected chi connectivity index (χ1v) is 12.1. The Kier molecular flexibility index (Phi) is 7.56. The van der Waals surface area contributed by atoms with Gasteiger partial charge < -0.3 is 19.7 Å². The molecular weight excluding hydrogens is 439 g/mol. The minimum atomic E-state index is -0.242. The van der Waals surface area contributed by atoms with Gasteiger partial charge in [-0.25, -0.2) is 9.18 Å². The van der Waals surface area contributed by atoms with Crippen LogP contribution in [0, 0.1) is 5.82 Å². The molecule has 0 aliphatic carbocycles. The van der Waals surface area contributed by atoms with Gasteiger partial charge in [-0.1, -0.05) is 24.6 Å². The summed E-state index contributed by atoms with van der Waals surface area (Å²) in [5.41, 5.74) is 3.29. The number of hydrogen-bond donors (Lipinski definition) is 1. The lowest BCUT2D eigenvalue weighted by molar-refractivity contribution is 0.196. The number of amides is 2. The maximum absolute atomic E-state index is 13.5. The van der Waals surface area contributed by atoms with Crippen LogP contribution in [0.1, 0.15) is 37.7 Å². The van der Waals surface area contributed by atoms with Crippen LogP contribution in [0.15, 0.2) is 48.7 Å². The Hall–Kier alpha value is -2.57. The molecule has 4 rings (SSSR count). The molecule has 1 N–H and O–H groups in total. The number of urea groups is 1. The van der Waals surface area contributed by atoms with E-state index in [0.29, 0.717) is 17.5 Å². The molecule has 1 aliphatic rings. The van der Waals surface area contributed by atoms with Crippen molar-refractivity contribution < 1.29 is 9.18 Å². The number of carbonyl (C=O) groups is 1. The van der Waals surface area contributed by atoms with Crippen LogP contribution in [0.5, 0.6) is 0 Å². The van der Waals surface area contributed by atoms with Crippen LogP contribution in [-0.4, -0.2) is 60.2 Å². The number of halogens is 2. The number of fused-ring (bicyclic) bond motifs is 1. The van der Waals surface area contributed by atoms with E-state index >= 15 is 0 Å². The van der Waals surface area contributed by atoms with Crippen molar-refractivity contribution in [1.82, 2.24) is 19.7 Å². The topological polar surface area (TPSA) is 40.5 Å². The Morgan fingerprint density at radius 3 is 2.61 bits per heavy atom. The lowest BCUT2D eigenvalue weighted by Crippen LogP contribution is -2.43. The summed E-state index contributed by atoms with van der Waals surface area (Å²) in [7, 11) is 1.83. The quantitative estimate of drug-likeness (QED) is 0.484. The number of piperidine rings is 1. The average molecular weight is 471 g/mol. The highest BCUT2D eigenvalue weighted by Gasteiger charge is 2.24. The van der Waals surface area contributed by atoms with Crippen LogP contribution < -0.4 is 5.32 Å². The fourth-order valence-corrected chi connectivity index (χ4v) is 4.89. The molecule has 33 heavy (non-hydrogen) atoms.